The van der Waals surface area contributed by atoms with Crippen LogP contribution in [0.1, 0.15) is 43.0 Å². The van der Waals surface area contributed by atoms with Gasteiger partial charge < -0.3 is 30.3 Å². The third-order valence-electron chi connectivity index (χ3n) is 5.58. The minimum Gasteiger partial charge on any atom is -0.466 e. The third kappa shape index (κ3) is 7.18. The Morgan fingerprint density at radius 1 is 1.24 bits per heavy atom. The van der Waals surface area contributed by atoms with Crippen molar-refractivity contribution in [2.75, 3.05) is 44.7 Å². The molecule has 3 rings (SSSR count). The maximum Gasteiger partial charge on any atom is 0.308 e. The SMILES string of the molecule is CCCOC(=O)CC1C(=O)NCCN1C(=O)CNc1ccc(C(=O)NCC2CCCO2)cc1. The van der Waals surface area contributed by atoms with Crippen LogP contribution in [0, 0.1) is 0 Å². The minimum atomic E-state index is -0.882. The minimum absolute atomic E-state index is 0.0433. The number of esters is 1. The molecular weight excluding hydrogens is 428 g/mol. The number of carbonyl (C=O) groups excluding carboxylic acids is 4. The van der Waals surface area contributed by atoms with Crippen molar-refractivity contribution in [3.8, 4) is 0 Å². The number of rotatable bonds is 10. The second-order valence-corrected chi connectivity index (χ2v) is 8.09. The molecule has 2 aliphatic rings. The van der Waals surface area contributed by atoms with Crippen molar-refractivity contribution in [3.05, 3.63) is 29.8 Å². The lowest BCUT2D eigenvalue weighted by Crippen LogP contribution is -2.58. The third-order valence-corrected chi connectivity index (χ3v) is 5.58. The highest BCUT2D eigenvalue weighted by Gasteiger charge is 2.34. The van der Waals surface area contributed by atoms with Crippen LogP contribution in [0.15, 0.2) is 24.3 Å². The van der Waals surface area contributed by atoms with Gasteiger partial charge in [0.25, 0.3) is 5.91 Å². The fraction of sp³-hybridized carbons (Fsp3) is 0.565. The fourth-order valence-electron chi connectivity index (χ4n) is 3.78. The number of nitrogens with zero attached hydrogens (tertiary/aromatic N) is 1. The number of ether oxygens (including phenoxy) is 2. The predicted octanol–water partition coefficient (Wildman–Crippen LogP) is 0.678. The summed E-state index contributed by atoms with van der Waals surface area (Å²) in [6.07, 6.45) is 2.56. The number of nitrogens with one attached hydrogen (secondary N) is 3. The molecular formula is C23H32N4O6. The van der Waals surface area contributed by atoms with E-state index < -0.39 is 12.0 Å². The zero-order valence-corrected chi connectivity index (χ0v) is 18.9. The Balaban J connectivity index is 1.49. The van der Waals surface area contributed by atoms with Gasteiger partial charge in [-0.3, -0.25) is 19.2 Å². The van der Waals surface area contributed by atoms with E-state index in [2.05, 4.69) is 16.0 Å². The van der Waals surface area contributed by atoms with E-state index in [1.165, 1.54) is 4.90 Å². The highest BCUT2D eigenvalue weighted by molar-refractivity contribution is 5.95. The molecule has 10 heteroatoms. The smallest absolute Gasteiger partial charge is 0.308 e. The molecule has 10 nitrogen and oxygen atoms in total. The number of carbonyl (C=O) groups is 4. The van der Waals surface area contributed by atoms with Crippen LogP contribution in [0.25, 0.3) is 0 Å². The molecule has 180 valence electrons. The van der Waals surface area contributed by atoms with Gasteiger partial charge in [-0.25, -0.2) is 0 Å². The topological polar surface area (TPSA) is 126 Å². The molecule has 1 aromatic rings. The summed E-state index contributed by atoms with van der Waals surface area (Å²) >= 11 is 0. The summed E-state index contributed by atoms with van der Waals surface area (Å²) in [5.74, 6) is -1.33. The predicted molar refractivity (Wildman–Crippen MR) is 121 cm³/mol. The first-order chi connectivity index (χ1) is 16.0. The average Bonchev–Trinajstić information content (AvgIpc) is 3.35. The Hall–Kier alpha value is -3.14. The fourth-order valence-corrected chi connectivity index (χ4v) is 3.78. The average molecular weight is 461 g/mol. The van der Waals surface area contributed by atoms with E-state index >= 15 is 0 Å². The largest absolute Gasteiger partial charge is 0.466 e. The summed E-state index contributed by atoms with van der Waals surface area (Å²) in [5, 5.41) is 8.58. The van der Waals surface area contributed by atoms with Gasteiger partial charge in [0.1, 0.15) is 6.04 Å². The molecule has 0 bridgehead atoms. The summed E-state index contributed by atoms with van der Waals surface area (Å²) in [6, 6.07) is 5.91. The van der Waals surface area contributed by atoms with Crippen molar-refractivity contribution in [2.24, 2.45) is 0 Å². The highest BCUT2D eigenvalue weighted by atomic mass is 16.5. The molecule has 2 heterocycles. The van der Waals surface area contributed by atoms with Gasteiger partial charge in [0.2, 0.25) is 11.8 Å². The number of hydrogen-bond donors (Lipinski definition) is 3. The van der Waals surface area contributed by atoms with E-state index in [-0.39, 0.29) is 43.4 Å². The van der Waals surface area contributed by atoms with E-state index in [1.807, 2.05) is 6.92 Å². The standard InChI is InChI=1S/C23H32N4O6/c1-2-11-33-21(29)13-19-23(31)24-9-10-27(19)20(28)15-25-17-7-5-16(6-8-17)22(30)26-14-18-4-3-12-32-18/h5-8,18-19,25H,2-4,9-15H2,1H3,(H,24,31)(H,26,30). The van der Waals surface area contributed by atoms with Crippen LogP contribution in [0.2, 0.25) is 0 Å². The molecule has 1 aromatic carbocycles. The Bertz CT molecular complexity index is 838. The van der Waals surface area contributed by atoms with Gasteiger partial charge >= 0.3 is 5.97 Å². The van der Waals surface area contributed by atoms with Gasteiger partial charge in [-0.15, -0.1) is 0 Å². The van der Waals surface area contributed by atoms with Gasteiger partial charge in [-0.05, 0) is 43.5 Å². The number of amides is 3. The van der Waals surface area contributed by atoms with Gasteiger partial charge in [0.15, 0.2) is 0 Å². The first-order valence-corrected chi connectivity index (χ1v) is 11.4. The Labute approximate surface area is 193 Å². The quantitative estimate of drug-likeness (QED) is 0.438. The van der Waals surface area contributed by atoms with Gasteiger partial charge in [0, 0.05) is 37.5 Å². The van der Waals surface area contributed by atoms with E-state index in [0.717, 1.165) is 19.4 Å². The highest BCUT2D eigenvalue weighted by Crippen LogP contribution is 2.14. The maximum absolute atomic E-state index is 12.8. The van der Waals surface area contributed by atoms with E-state index in [0.29, 0.717) is 37.3 Å². The number of benzene rings is 1. The molecule has 2 fully saturated rings. The van der Waals surface area contributed by atoms with Crippen LogP contribution in [-0.4, -0.2) is 80.1 Å². The molecule has 0 spiro atoms. The van der Waals surface area contributed by atoms with Crippen LogP contribution in [0.3, 0.4) is 0 Å². The Kier molecular flexibility index (Phi) is 9.05. The lowest BCUT2D eigenvalue weighted by Gasteiger charge is -2.34. The monoisotopic (exact) mass is 460 g/mol. The molecule has 33 heavy (non-hydrogen) atoms. The zero-order chi connectivity index (χ0) is 23.6. The number of hydrogen-bond acceptors (Lipinski definition) is 7. The summed E-state index contributed by atoms with van der Waals surface area (Å²) in [5.41, 5.74) is 1.18. The number of piperazine rings is 1. The first-order valence-electron chi connectivity index (χ1n) is 11.4. The molecule has 2 aliphatic heterocycles. The summed E-state index contributed by atoms with van der Waals surface area (Å²) in [7, 11) is 0. The van der Waals surface area contributed by atoms with Crippen molar-refractivity contribution in [3.63, 3.8) is 0 Å². The van der Waals surface area contributed by atoms with Crippen molar-refractivity contribution in [1.29, 1.82) is 0 Å². The lowest BCUT2D eigenvalue weighted by molar-refractivity contribution is -0.151. The van der Waals surface area contributed by atoms with Crippen molar-refractivity contribution in [2.45, 2.75) is 44.8 Å². The summed E-state index contributed by atoms with van der Waals surface area (Å²) in [6.45, 7) is 4.01. The molecule has 2 unspecified atom stereocenters. The molecule has 3 N–H and O–H groups in total. The van der Waals surface area contributed by atoms with Crippen molar-refractivity contribution < 1.29 is 28.7 Å². The summed E-state index contributed by atoms with van der Waals surface area (Å²) in [4.78, 5) is 50.7. The maximum atomic E-state index is 12.8. The normalized spacial score (nSPS) is 20.2. The van der Waals surface area contributed by atoms with Gasteiger partial charge in [0.05, 0.1) is 25.7 Å². The van der Waals surface area contributed by atoms with Crippen LogP contribution in [0.4, 0.5) is 5.69 Å². The molecule has 3 amide bonds. The molecule has 0 aliphatic carbocycles. The molecule has 2 saturated heterocycles. The molecule has 0 radical (unpaired) electrons. The summed E-state index contributed by atoms with van der Waals surface area (Å²) < 4.78 is 10.6. The van der Waals surface area contributed by atoms with Crippen LogP contribution >= 0.6 is 0 Å². The molecule has 0 saturated carbocycles. The van der Waals surface area contributed by atoms with Gasteiger partial charge in [-0.1, -0.05) is 6.92 Å². The zero-order valence-electron chi connectivity index (χ0n) is 18.9. The number of anilines is 1. The Morgan fingerprint density at radius 2 is 2.03 bits per heavy atom. The van der Waals surface area contributed by atoms with E-state index in [9.17, 15) is 19.2 Å². The van der Waals surface area contributed by atoms with Crippen molar-refractivity contribution >= 4 is 29.4 Å². The first kappa shape index (κ1) is 24.5. The van der Waals surface area contributed by atoms with Crippen molar-refractivity contribution in [1.82, 2.24) is 15.5 Å². The second-order valence-electron chi connectivity index (χ2n) is 8.09. The second kappa shape index (κ2) is 12.2. The van der Waals surface area contributed by atoms with E-state index in [1.54, 1.807) is 24.3 Å². The van der Waals surface area contributed by atoms with Crippen LogP contribution in [0.5, 0.6) is 0 Å². The molecule has 2 atom stereocenters. The Morgan fingerprint density at radius 3 is 2.73 bits per heavy atom. The molecule has 0 aromatic heterocycles. The van der Waals surface area contributed by atoms with Crippen LogP contribution < -0.4 is 16.0 Å². The van der Waals surface area contributed by atoms with Gasteiger partial charge in [-0.2, -0.15) is 0 Å². The lowest BCUT2D eigenvalue weighted by atomic mass is 10.1. The van der Waals surface area contributed by atoms with Crippen LogP contribution in [-0.2, 0) is 23.9 Å². The van der Waals surface area contributed by atoms with E-state index in [4.69, 9.17) is 9.47 Å².